The van der Waals surface area contributed by atoms with Gasteiger partial charge in [-0.05, 0) is 35.9 Å². The van der Waals surface area contributed by atoms with Gasteiger partial charge in [0.1, 0.15) is 5.76 Å². The van der Waals surface area contributed by atoms with Crippen LogP contribution in [0.5, 0.6) is 0 Å². The molecule has 0 saturated heterocycles. The van der Waals surface area contributed by atoms with Crippen molar-refractivity contribution in [2.24, 2.45) is 0 Å². The minimum Gasteiger partial charge on any atom is -0.456 e. The highest BCUT2D eigenvalue weighted by atomic mass is 35.5. The Balaban J connectivity index is 1.60. The van der Waals surface area contributed by atoms with Gasteiger partial charge >= 0.3 is 0 Å². The highest BCUT2D eigenvalue weighted by Gasteiger charge is 2.08. The summed E-state index contributed by atoms with van der Waals surface area (Å²) in [6, 6.07) is 8.37. The fraction of sp³-hybridized carbons (Fsp3) is 0.105. The van der Waals surface area contributed by atoms with Gasteiger partial charge in [-0.15, -0.1) is 0 Å². The normalized spacial score (nSPS) is 11.1. The number of benzene rings is 1. The molecule has 8 heteroatoms. The molecule has 27 heavy (non-hydrogen) atoms. The molecule has 0 bridgehead atoms. The molecule has 2 heterocycles. The topological polar surface area (TPSA) is 77.1 Å². The Morgan fingerprint density at radius 1 is 1.26 bits per heavy atom. The molecular weight excluding hydrogens is 389 g/mol. The van der Waals surface area contributed by atoms with Crippen LogP contribution in [0.4, 0.5) is 5.69 Å². The minimum atomic E-state index is -0.322. The van der Waals surface area contributed by atoms with Gasteiger partial charge in [-0.25, -0.2) is 0 Å². The molecule has 1 amide bonds. The Bertz CT molecular complexity index is 1020. The van der Waals surface area contributed by atoms with E-state index in [9.17, 15) is 9.59 Å². The maximum absolute atomic E-state index is 12.0. The number of halogens is 2. The monoisotopic (exact) mass is 403 g/mol. The number of nitrogens with zero attached hydrogens (tertiary/aromatic N) is 2. The van der Waals surface area contributed by atoms with Crippen molar-refractivity contribution < 1.29 is 14.0 Å². The van der Waals surface area contributed by atoms with Crippen LogP contribution >= 0.6 is 23.2 Å². The molecule has 0 atom stereocenters. The molecule has 2 aromatic heterocycles. The summed E-state index contributed by atoms with van der Waals surface area (Å²) in [5.41, 5.74) is 1.22. The largest absolute Gasteiger partial charge is 0.456 e. The zero-order valence-electron chi connectivity index (χ0n) is 14.3. The van der Waals surface area contributed by atoms with E-state index in [1.165, 1.54) is 19.2 Å². The quantitative estimate of drug-likeness (QED) is 0.478. The summed E-state index contributed by atoms with van der Waals surface area (Å²) >= 11 is 11.9. The summed E-state index contributed by atoms with van der Waals surface area (Å²) < 4.78 is 7.01. The molecule has 1 aromatic carbocycles. The number of ketones is 1. The van der Waals surface area contributed by atoms with E-state index in [2.05, 4.69) is 10.4 Å². The van der Waals surface area contributed by atoms with E-state index in [4.69, 9.17) is 27.6 Å². The van der Waals surface area contributed by atoms with Crippen molar-refractivity contribution in [1.82, 2.24) is 9.78 Å². The zero-order chi connectivity index (χ0) is 19.4. The number of Topliss-reactive ketones (excluding diaryl/α,β-unsaturated/α-hetero) is 1. The summed E-state index contributed by atoms with van der Waals surface area (Å²) in [5.74, 6) is 0.440. The van der Waals surface area contributed by atoms with E-state index < -0.39 is 0 Å². The molecule has 0 spiro atoms. The van der Waals surface area contributed by atoms with Gasteiger partial charge in [-0.3, -0.25) is 14.3 Å². The smallest absolute Gasteiger partial charge is 0.248 e. The first-order chi connectivity index (χ1) is 12.9. The number of furan rings is 1. The lowest BCUT2D eigenvalue weighted by atomic mass is 10.2. The van der Waals surface area contributed by atoms with E-state index in [0.29, 0.717) is 39.4 Å². The van der Waals surface area contributed by atoms with Crippen LogP contribution in [0.3, 0.4) is 0 Å². The fourth-order valence-electron chi connectivity index (χ4n) is 2.31. The highest BCUT2D eigenvalue weighted by molar-refractivity contribution is 6.35. The van der Waals surface area contributed by atoms with E-state index in [-0.39, 0.29) is 11.7 Å². The average molecular weight is 404 g/mol. The van der Waals surface area contributed by atoms with Crippen LogP contribution < -0.4 is 5.32 Å². The summed E-state index contributed by atoms with van der Waals surface area (Å²) in [4.78, 5) is 23.3. The van der Waals surface area contributed by atoms with Gasteiger partial charge in [-0.1, -0.05) is 29.3 Å². The Morgan fingerprint density at radius 3 is 2.78 bits per heavy atom. The van der Waals surface area contributed by atoms with Crippen LogP contribution in [0, 0.1) is 0 Å². The van der Waals surface area contributed by atoms with Crippen LogP contribution in [0.1, 0.15) is 28.8 Å². The van der Waals surface area contributed by atoms with E-state index in [1.54, 1.807) is 47.3 Å². The first-order valence-electron chi connectivity index (χ1n) is 7.97. The number of carbonyl (C=O) groups excluding carboxylic acids is 2. The molecule has 0 aliphatic carbocycles. The van der Waals surface area contributed by atoms with Crippen LogP contribution in [0.15, 0.2) is 53.2 Å². The molecule has 6 nitrogen and oxygen atoms in total. The third-order valence-corrected chi connectivity index (χ3v) is 4.17. The SMILES string of the molecule is CC(=O)c1ccc(Cn2cc(NC(=O)/C=C/c3ccc(Cl)cc3Cl)cn2)o1. The molecule has 0 unspecified atom stereocenters. The number of aromatic nitrogens is 2. The number of carbonyl (C=O) groups is 2. The van der Waals surface area contributed by atoms with E-state index in [0.717, 1.165) is 0 Å². The summed E-state index contributed by atoms with van der Waals surface area (Å²) in [7, 11) is 0. The van der Waals surface area contributed by atoms with Gasteiger partial charge in [-0.2, -0.15) is 5.10 Å². The number of amides is 1. The Morgan fingerprint density at radius 2 is 2.07 bits per heavy atom. The number of hydrogen-bond acceptors (Lipinski definition) is 4. The molecule has 3 aromatic rings. The molecule has 0 aliphatic heterocycles. The lowest BCUT2D eigenvalue weighted by molar-refractivity contribution is -0.111. The van der Waals surface area contributed by atoms with Crippen LogP contribution in [-0.2, 0) is 11.3 Å². The van der Waals surface area contributed by atoms with Crippen LogP contribution in [-0.4, -0.2) is 21.5 Å². The van der Waals surface area contributed by atoms with Crippen molar-refractivity contribution >= 4 is 46.7 Å². The minimum absolute atomic E-state index is 0.137. The fourth-order valence-corrected chi connectivity index (χ4v) is 2.78. The van der Waals surface area contributed by atoms with Gasteiger partial charge in [0.25, 0.3) is 0 Å². The molecule has 0 saturated carbocycles. The van der Waals surface area contributed by atoms with Crippen molar-refractivity contribution in [1.29, 1.82) is 0 Å². The second-order valence-electron chi connectivity index (χ2n) is 5.74. The zero-order valence-corrected chi connectivity index (χ0v) is 15.8. The molecule has 1 N–H and O–H groups in total. The maximum atomic E-state index is 12.0. The standard InChI is InChI=1S/C19H15Cl2N3O3/c1-12(25)18-6-5-16(27-18)11-24-10-15(9-22-24)23-19(26)7-3-13-2-4-14(20)8-17(13)21/h2-10H,11H2,1H3,(H,23,26)/b7-3+. The molecule has 0 radical (unpaired) electrons. The van der Waals surface area contributed by atoms with Crippen LogP contribution in [0.2, 0.25) is 10.0 Å². The van der Waals surface area contributed by atoms with Crippen LogP contribution in [0.25, 0.3) is 6.08 Å². The predicted octanol–water partition coefficient (Wildman–Crippen LogP) is 4.69. The van der Waals surface area contributed by atoms with Crippen molar-refractivity contribution in [3.05, 3.63) is 75.9 Å². The van der Waals surface area contributed by atoms with Gasteiger partial charge < -0.3 is 9.73 Å². The molecular formula is C19H15Cl2N3O3. The first-order valence-corrected chi connectivity index (χ1v) is 8.72. The Kier molecular flexibility index (Phi) is 5.78. The number of hydrogen-bond donors (Lipinski definition) is 1. The predicted molar refractivity (Wildman–Crippen MR) is 104 cm³/mol. The highest BCUT2D eigenvalue weighted by Crippen LogP contribution is 2.22. The van der Waals surface area contributed by atoms with E-state index >= 15 is 0 Å². The number of nitrogens with one attached hydrogen (secondary N) is 1. The Labute approximate surface area is 165 Å². The van der Waals surface area contributed by atoms with Crippen molar-refractivity contribution in [2.75, 3.05) is 5.32 Å². The summed E-state index contributed by atoms with van der Waals surface area (Å²) in [5, 5.41) is 7.86. The third-order valence-electron chi connectivity index (χ3n) is 3.60. The number of rotatable bonds is 6. The third kappa shape index (κ3) is 5.09. The second kappa shape index (κ2) is 8.24. The molecule has 138 valence electrons. The van der Waals surface area contributed by atoms with Crippen molar-refractivity contribution in [3.63, 3.8) is 0 Å². The lowest BCUT2D eigenvalue weighted by Gasteiger charge is -2.00. The van der Waals surface area contributed by atoms with Gasteiger partial charge in [0.15, 0.2) is 11.5 Å². The summed E-state index contributed by atoms with van der Waals surface area (Å²) in [6.07, 6.45) is 6.16. The number of anilines is 1. The van der Waals surface area contributed by atoms with Gasteiger partial charge in [0.05, 0.1) is 18.4 Å². The molecule has 3 rings (SSSR count). The van der Waals surface area contributed by atoms with E-state index in [1.807, 2.05) is 0 Å². The average Bonchev–Trinajstić information content (AvgIpc) is 3.24. The van der Waals surface area contributed by atoms with Crippen molar-refractivity contribution in [2.45, 2.75) is 13.5 Å². The first kappa shape index (κ1) is 18.9. The van der Waals surface area contributed by atoms with Gasteiger partial charge in [0.2, 0.25) is 5.91 Å². The Hall–Kier alpha value is -2.83. The lowest BCUT2D eigenvalue weighted by Crippen LogP contribution is -2.07. The summed E-state index contributed by atoms with van der Waals surface area (Å²) in [6.45, 7) is 1.79. The molecule has 0 fully saturated rings. The maximum Gasteiger partial charge on any atom is 0.248 e. The van der Waals surface area contributed by atoms with Gasteiger partial charge in [0, 0.05) is 29.2 Å². The van der Waals surface area contributed by atoms with Crippen molar-refractivity contribution in [3.8, 4) is 0 Å². The molecule has 0 aliphatic rings. The second-order valence-corrected chi connectivity index (χ2v) is 6.58.